The molecule has 0 aliphatic carbocycles. The molecule has 0 spiro atoms. The molecule has 0 saturated carbocycles. The van der Waals surface area contributed by atoms with Gasteiger partial charge in [0.15, 0.2) is 11.5 Å². The number of anilines is 1. The van der Waals surface area contributed by atoms with Gasteiger partial charge in [0, 0.05) is 18.3 Å². The summed E-state index contributed by atoms with van der Waals surface area (Å²) >= 11 is 0. The zero-order valence-corrected chi connectivity index (χ0v) is 14.7. The number of halogens is 3. The molecule has 0 saturated heterocycles. The number of carboxylic acids is 1. The summed E-state index contributed by atoms with van der Waals surface area (Å²) in [6, 6.07) is 4.81. The smallest absolute Gasteiger partial charge is 0.390 e. The zero-order chi connectivity index (χ0) is 20.5. The molecule has 28 heavy (non-hydrogen) atoms. The fraction of sp³-hybridized carbons (Fsp3) is 0.211. The third-order valence-corrected chi connectivity index (χ3v) is 4.09. The third-order valence-electron chi connectivity index (χ3n) is 4.09. The van der Waals surface area contributed by atoms with E-state index in [1.807, 2.05) is 0 Å². The van der Waals surface area contributed by atoms with E-state index < -0.39 is 18.6 Å². The maximum absolute atomic E-state index is 12.4. The number of benzene rings is 1. The number of fused-ring (bicyclic) bond motifs is 1. The highest BCUT2D eigenvalue weighted by atomic mass is 19.4. The molecule has 0 bridgehead atoms. The lowest BCUT2D eigenvalue weighted by Crippen LogP contribution is -2.16. The second-order valence-corrected chi connectivity index (χ2v) is 6.08. The topological polar surface area (TPSA) is 79.5 Å². The summed E-state index contributed by atoms with van der Waals surface area (Å²) in [6.07, 6.45) is 3.18. The first-order valence-corrected chi connectivity index (χ1v) is 8.19. The minimum absolute atomic E-state index is 0.143. The molecule has 2 N–H and O–H groups in total. The Morgan fingerprint density at radius 1 is 1.39 bits per heavy atom. The van der Waals surface area contributed by atoms with Crippen LogP contribution in [0.15, 0.2) is 30.6 Å². The number of aryl methyl sites for hydroxylation is 1. The fourth-order valence-corrected chi connectivity index (χ4v) is 2.78. The highest BCUT2D eigenvalue weighted by Crippen LogP contribution is 2.27. The van der Waals surface area contributed by atoms with Gasteiger partial charge in [-0.1, -0.05) is 6.07 Å². The van der Waals surface area contributed by atoms with Gasteiger partial charge in [-0.25, -0.2) is 14.8 Å². The number of rotatable bonds is 5. The van der Waals surface area contributed by atoms with Crippen LogP contribution in [0.4, 0.5) is 19.0 Å². The van der Waals surface area contributed by atoms with Gasteiger partial charge in [0.05, 0.1) is 23.9 Å². The molecule has 0 atom stereocenters. The summed E-state index contributed by atoms with van der Waals surface area (Å²) in [4.78, 5) is 19.6. The number of imidazole rings is 1. The van der Waals surface area contributed by atoms with E-state index in [0.717, 1.165) is 0 Å². The Bertz CT molecular complexity index is 1100. The number of nitrogens with zero attached hydrogens (tertiary/aromatic N) is 3. The number of terminal acetylenes is 1. The van der Waals surface area contributed by atoms with Crippen molar-refractivity contribution < 1.29 is 23.1 Å². The number of hydrogen-bond acceptors (Lipinski definition) is 4. The minimum atomic E-state index is -4.29. The highest BCUT2D eigenvalue weighted by molar-refractivity contribution is 5.90. The third kappa shape index (κ3) is 3.91. The molecule has 1 aromatic carbocycles. The van der Waals surface area contributed by atoms with E-state index in [4.69, 9.17) is 11.5 Å². The molecule has 0 amide bonds. The lowest BCUT2D eigenvalue weighted by Gasteiger charge is -2.11. The predicted octanol–water partition coefficient (Wildman–Crippen LogP) is 3.75. The lowest BCUT2D eigenvalue weighted by molar-refractivity contribution is -0.131. The molecule has 144 valence electrons. The minimum Gasteiger partial charge on any atom is -0.478 e. The first-order valence-electron chi connectivity index (χ1n) is 8.19. The first kappa shape index (κ1) is 19.2. The molecular weight excluding hydrogens is 373 g/mol. The second-order valence-electron chi connectivity index (χ2n) is 6.08. The maximum Gasteiger partial charge on any atom is 0.390 e. The first-order chi connectivity index (χ1) is 13.2. The van der Waals surface area contributed by atoms with E-state index in [0.29, 0.717) is 22.5 Å². The van der Waals surface area contributed by atoms with Crippen molar-refractivity contribution in [3.63, 3.8) is 0 Å². The summed E-state index contributed by atoms with van der Waals surface area (Å²) in [6.45, 7) is 1.31. The van der Waals surface area contributed by atoms with Crippen LogP contribution in [0.25, 0.3) is 16.9 Å². The monoisotopic (exact) mass is 388 g/mol. The summed E-state index contributed by atoms with van der Waals surface area (Å²) in [7, 11) is 0. The number of aromatic nitrogens is 3. The second kappa shape index (κ2) is 7.23. The number of carboxylic acid groups (broad SMARTS) is 1. The van der Waals surface area contributed by atoms with E-state index in [1.165, 1.54) is 12.3 Å². The maximum atomic E-state index is 12.4. The Morgan fingerprint density at radius 2 is 2.14 bits per heavy atom. The van der Waals surface area contributed by atoms with Crippen molar-refractivity contribution in [1.29, 1.82) is 0 Å². The molecule has 3 rings (SSSR count). The molecule has 9 heteroatoms. The summed E-state index contributed by atoms with van der Waals surface area (Å²) in [5.74, 6) is 1.48. The van der Waals surface area contributed by atoms with Gasteiger partial charge < -0.3 is 10.4 Å². The Labute approximate surface area is 158 Å². The Hall–Kier alpha value is -3.54. The van der Waals surface area contributed by atoms with Gasteiger partial charge in [-0.2, -0.15) is 13.2 Å². The summed E-state index contributed by atoms with van der Waals surface area (Å²) < 4.78 is 38.9. The average molecular weight is 388 g/mol. The van der Waals surface area contributed by atoms with Gasteiger partial charge in [0.2, 0.25) is 0 Å². The van der Waals surface area contributed by atoms with Gasteiger partial charge in [-0.3, -0.25) is 4.40 Å². The van der Waals surface area contributed by atoms with Crippen LogP contribution in [0.5, 0.6) is 0 Å². The predicted molar refractivity (Wildman–Crippen MR) is 97.2 cm³/mol. The van der Waals surface area contributed by atoms with Crippen LogP contribution in [0.3, 0.4) is 0 Å². The quantitative estimate of drug-likeness (QED) is 0.651. The largest absolute Gasteiger partial charge is 0.478 e. The van der Waals surface area contributed by atoms with Crippen LogP contribution in [0, 0.1) is 19.3 Å². The van der Waals surface area contributed by atoms with Gasteiger partial charge in [-0.15, -0.1) is 6.42 Å². The molecule has 0 radical (unpaired) electrons. The molecule has 0 unspecified atom stereocenters. The molecule has 3 aromatic rings. The summed E-state index contributed by atoms with van der Waals surface area (Å²) in [5, 5.41) is 11.8. The van der Waals surface area contributed by atoms with Gasteiger partial charge in [-0.05, 0) is 30.5 Å². The van der Waals surface area contributed by atoms with Crippen molar-refractivity contribution in [2.45, 2.75) is 19.5 Å². The van der Waals surface area contributed by atoms with Crippen molar-refractivity contribution in [2.24, 2.45) is 0 Å². The van der Waals surface area contributed by atoms with Crippen molar-refractivity contribution in [1.82, 2.24) is 14.4 Å². The highest BCUT2D eigenvalue weighted by Gasteiger charge is 2.26. The number of hydrogen-bond donors (Lipinski definition) is 2. The zero-order valence-electron chi connectivity index (χ0n) is 14.7. The van der Waals surface area contributed by atoms with Crippen molar-refractivity contribution in [3.8, 4) is 23.6 Å². The number of carbonyl (C=O) groups is 1. The Balaban J connectivity index is 2.04. The van der Waals surface area contributed by atoms with E-state index in [2.05, 4.69) is 21.2 Å². The van der Waals surface area contributed by atoms with Crippen LogP contribution in [0.2, 0.25) is 0 Å². The van der Waals surface area contributed by atoms with Gasteiger partial charge >= 0.3 is 12.1 Å². The lowest BCUT2D eigenvalue weighted by atomic mass is 10.0. The van der Waals surface area contributed by atoms with Crippen LogP contribution in [0.1, 0.15) is 28.0 Å². The van der Waals surface area contributed by atoms with E-state index in [1.54, 1.807) is 29.7 Å². The number of alkyl halides is 3. The number of nitrogens with one attached hydrogen (secondary N) is 1. The van der Waals surface area contributed by atoms with Crippen molar-refractivity contribution >= 4 is 17.4 Å². The van der Waals surface area contributed by atoms with Crippen LogP contribution in [-0.4, -0.2) is 38.2 Å². The summed E-state index contributed by atoms with van der Waals surface area (Å²) in [5.41, 5.74) is 2.57. The van der Waals surface area contributed by atoms with E-state index >= 15 is 0 Å². The number of aromatic carboxylic acids is 1. The SMILES string of the molecule is C#Cc1cn2c(-c3ccc(C(=O)O)c(C)c3)cnc2c(NCCC(F)(F)F)n1. The molecule has 0 aliphatic heterocycles. The molecule has 2 aromatic heterocycles. The molecule has 2 heterocycles. The van der Waals surface area contributed by atoms with Crippen LogP contribution in [-0.2, 0) is 0 Å². The van der Waals surface area contributed by atoms with E-state index in [9.17, 15) is 18.0 Å². The molecule has 0 fully saturated rings. The average Bonchev–Trinajstić information content (AvgIpc) is 3.04. The van der Waals surface area contributed by atoms with Crippen molar-refractivity contribution in [2.75, 3.05) is 11.9 Å². The Morgan fingerprint density at radius 3 is 2.75 bits per heavy atom. The fourth-order valence-electron chi connectivity index (χ4n) is 2.78. The van der Waals surface area contributed by atoms with Crippen LogP contribution < -0.4 is 5.32 Å². The standard InChI is InChI=1S/C19H15F3N4O2/c1-3-13-10-26-15(12-4-5-14(18(27)28)11(2)8-12)9-24-17(26)16(25-13)23-7-6-19(20,21)22/h1,4-5,8-10H,6-7H2,2H3,(H,23,25)(H,27,28). The normalized spacial score (nSPS) is 11.4. The van der Waals surface area contributed by atoms with Crippen LogP contribution >= 0.6 is 0 Å². The van der Waals surface area contributed by atoms with E-state index in [-0.39, 0.29) is 23.6 Å². The molecular formula is C19H15F3N4O2. The van der Waals surface area contributed by atoms with Gasteiger partial charge in [0.25, 0.3) is 0 Å². The van der Waals surface area contributed by atoms with Gasteiger partial charge in [0.1, 0.15) is 5.69 Å². The Kier molecular flexibility index (Phi) is 4.96. The van der Waals surface area contributed by atoms with Crippen molar-refractivity contribution in [3.05, 3.63) is 47.4 Å². The molecule has 6 nitrogen and oxygen atoms in total. The molecule has 0 aliphatic rings.